The summed E-state index contributed by atoms with van der Waals surface area (Å²) in [5.41, 5.74) is 9.72. The molecule has 2 nitrogen and oxygen atoms in total. The van der Waals surface area contributed by atoms with Crippen molar-refractivity contribution in [3.63, 3.8) is 0 Å². The van der Waals surface area contributed by atoms with Gasteiger partial charge in [-0.2, -0.15) is 0 Å². The fourth-order valence-electron chi connectivity index (χ4n) is 2.41. The number of rotatable bonds is 5. The first-order valence-electron chi connectivity index (χ1n) is 6.92. The van der Waals surface area contributed by atoms with E-state index in [0.717, 1.165) is 21.6 Å². The predicted octanol–water partition coefficient (Wildman–Crippen LogP) is 4.54. The van der Waals surface area contributed by atoms with Crippen molar-refractivity contribution in [1.82, 2.24) is 4.90 Å². The summed E-state index contributed by atoms with van der Waals surface area (Å²) in [6.45, 7) is 3.51. The Kier molecular flexibility index (Phi) is 5.82. The van der Waals surface area contributed by atoms with Crippen LogP contribution >= 0.6 is 27.5 Å². The molecule has 0 fully saturated rings. The number of likely N-dealkylation sites (N-methyl/N-ethyl adjacent to an activating group) is 1. The van der Waals surface area contributed by atoms with Crippen molar-refractivity contribution in [1.29, 1.82) is 0 Å². The summed E-state index contributed by atoms with van der Waals surface area (Å²) in [7, 11) is 2.10. The average Bonchev–Trinajstić information content (AvgIpc) is 2.44. The summed E-state index contributed by atoms with van der Waals surface area (Å²) in [6.07, 6.45) is 0. The zero-order chi connectivity index (χ0) is 15.4. The molecule has 21 heavy (non-hydrogen) atoms. The molecular formula is C17H20BrClN2. The van der Waals surface area contributed by atoms with Gasteiger partial charge in [0.2, 0.25) is 0 Å². The minimum absolute atomic E-state index is 0.151. The fourth-order valence-corrected chi connectivity index (χ4v) is 3.35. The van der Waals surface area contributed by atoms with Gasteiger partial charge in [-0.25, -0.2) is 0 Å². The highest BCUT2D eigenvalue weighted by Gasteiger charge is 2.18. The first-order chi connectivity index (χ1) is 10.0. The van der Waals surface area contributed by atoms with Crippen LogP contribution in [-0.4, -0.2) is 18.5 Å². The molecule has 0 aliphatic heterocycles. The first kappa shape index (κ1) is 16.5. The molecule has 112 valence electrons. The Morgan fingerprint density at radius 2 is 1.86 bits per heavy atom. The van der Waals surface area contributed by atoms with E-state index in [0.29, 0.717) is 6.54 Å². The predicted molar refractivity (Wildman–Crippen MR) is 93.6 cm³/mol. The molecule has 0 saturated heterocycles. The van der Waals surface area contributed by atoms with E-state index in [1.54, 1.807) is 0 Å². The van der Waals surface area contributed by atoms with E-state index in [-0.39, 0.29) is 6.04 Å². The topological polar surface area (TPSA) is 29.3 Å². The lowest BCUT2D eigenvalue weighted by atomic mass is 10.0. The molecule has 1 atom stereocenters. The van der Waals surface area contributed by atoms with E-state index < -0.39 is 0 Å². The van der Waals surface area contributed by atoms with Gasteiger partial charge in [0.25, 0.3) is 0 Å². The van der Waals surface area contributed by atoms with E-state index in [2.05, 4.69) is 59.1 Å². The molecule has 1 unspecified atom stereocenters. The Balaban J connectivity index is 2.18. The van der Waals surface area contributed by atoms with Crippen LogP contribution in [0, 0.1) is 6.92 Å². The van der Waals surface area contributed by atoms with Crippen molar-refractivity contribution < 1.29 is 0 Å². The summed E-state index contributed by atoms with van der Waals surface area (Å²) in [5.74, 6) is 0. The second kappa shape index (κ2) is 7.41. The van der Waals surface area contributed by atoms with Gasteiger partial charge in [-0.15, -0.1) is 0 Å². The lowest BCUT2D eigenvalue weighted by Gasteiger charge is -2.28. The van der Waals surface area contributed by atoms with Crippen molar-refractivity contribution in [3.8, 4) is 0 Å². The van der Waals surface area contributed by atoms with Gasteiger partial charge in [0.05, 0.1) is 0 Å². The molecule has 0 radical (unpaired) electrons. The maximum atomic E-state index is 6.01. The van der Waals surface area contributed by atoms with Crippen LogP contribution in [0.2, 0.25) is 5.02 Å². The van der Waals surface area contributed by atoms with Crippen LogP contribution in [0.4, 0.5) is 0 Å². The quantitative estimate of drug-likeness (QED) is 0.840. The van der Waals surface area contributed by atoms with E-state index >= 15 is 0 Å². The fraction of sp³-hybridized carbons (Fsp3) is 0.294. The molecule has 0 saturated carbocycles. The highest BCUT2D eigenvalue weighted by atomic mass is 79.9. The highest BCUT2D eigenvalue weighted by Crippen LogP contribution is 2.29. The summed E-state index contributed by atoms with van der Waals surface area (Å²) < 4.78 is 1.00. The zero-order valence-electron chi connectivity index (χ0n) is 12.3. The number of hydrogen-bond donors (Lipinski definition) is 1. The minimum atomic E-state index is 0.151. The number of hydrogen-bond acceptors (Lipinski definition) is 2. The normalized spacial score (nSPS) is 12.7. The van der Waals surface area contributed by atoms with Crippen molar-refractivity contribution in [2.45, 2.75) is 19.5 Å². The van der Waals surface area contributed by atoms with Crippen LogP contribution in [0.3, 0.4) is 0 Å². The molecule has 2 aromatic carbocycles. The lowest BCUT2D eigenvalue weighted by Crippen LogP contribution is -2.30. The number of aryl methyl sites for hydroxylation is 1. The average molecular weight is 368 g/mol. The van der Waals surface area contributed by atoms with Gasteiger partial charge in [0.1, 0.15) is 0 Å². The molecular weight excluding hydrogens is 348 g/mol. The first-order valence-corrected chi connectivity index (χ1v) is 8.09. The molecule has 0 bridgehead atoms. The highest BCUT2D eigenvalue weighted by molar-refractivity contribution is 9.10. The van der Waals surface area contributed by atoms with Crippen LogP contribution in [-0.2, 0) is 6.54 Å². The standard InChI is InChI=1S/C17H20BrClN2/c1-12-3-5-13(6-4-12)11-21(2)17(10-20)15-8-7-14(19)9-16(15)18/h3-9,17H,10-11,20H2,1-2H3. The maximum absolute atomic E-state index is 6.01. The van der Waals surface area contributed by atoms with E-state index in [4.69, 9.17) is 17.3 Å². The van der Waals surface area contributed by atoms with Crippen molar-refractivity contribution >= 4 is 27.5 Å². The Labute approximate surface area is 140 Å². The third-order valence-corrected chi connectivity index (χ3v) is 4.55. The van der Waals surface area contributed by atoms with Crippen LogP contribution < -0.4 is 5.73 Å². The van der Waals surface area contributed by atoms with E-state index in [1.165, 1.54) is 11.1 Å². The number of halogens is 2. The monoisotopic (exact) mass is 366 g/mol. The lowest BCUT2D eigenvalue weighted by molar-refractivity contribution is 0.241. The zero-order valence-corrected chi connectivity index (χ0v) is 14.7. The van der Waals surface area contributed by atoms with Gasteiger partial charge in [0.15, 0.2) is 0 Å². The molecule has 2 aromatic rings. The number of nitrogens with two attached hydrogens (primary N) is 1. The van der Waals surface area contributed by atoms with Crippen LogP contribution in [0.5, 0.6) is 0 Å². The molecule has 4 heteroatoms. The number of benzene rings is 2. The second-order valence-corrected chi connectivity index (χ2v) is 6.61. The van der Waals surface area contributed by atoms with Crippen molar-refractivity contribution in [2.24, 2.45) is 5.73 Å². The summed E-state index contributed by atoms with van der Waals surface area (Å²) in [4.78, 5) is 2.26. The van der Waals surface area contributed by atoms with Crippen LogP contribution in [0.15, 0.2) is 46.9 Å². The third-order valence-electron chi connectivity index (χ3n) is 3.63. The largest absolute Gasteiger partial charge is 0.329 e. The van der Waals surface area contributed by atoms with Gasteiger partial charge in [0, 0.05) is 28.6 Å². The molecule has 0 spiro atoms. The summed E-state index contributed by atoms with van der Waals surface area (Å²) in [5, 5.41) is 0.725. The Hall–Kier alpha value is -0.870. The Bertz CT molecular complexity index is 598. The molecule has 2 rings (SSSR count). The molecule has 0 aromatic heterocycles. The Morgan fingerprint density at radius 3 is 2.43 bits per heavy atom. The van der Waals surface area contributed by atoms with Gasteiger partial charge in [-0.05, 0) is 37.2 Å². The van der Waals surface area contributed by atoms with E-state index in [1.807, 2.05) is 18.2 Å². The third kappa shape index (κ3) is 4.30. The van der Waals surface area contributed by atoms with Gasteiger partial charge in [-0.1, -0.05) is 63.4 Å². The van der Waals surface area contributed by atoms with Crippen LogP contribution in [0.1, 0.15) is 22.7 Å². The number of nitrogens with zero attached hydrogens (tertiary/aromatic N) is 1. The Morgan fingerprint density at radius 1 is 1.19 bits per heavy atom. The van der Waals surface area contributed by atoms with Gasteiger partial charge >= 0.3 is 0 Å². The molecule has 0 amide bonds. The molecule has 0 heterocycles. The van der Waals surface area contributed by atoms with Gasteiger partial charge in [-0.3, -0.25) is 4.90 Å². The maximum Gasteiger partial charge on any atom is 0.0482 e. The molecule has 0 aliphatic rings. The van der Waals surface area contributed by atoms with Gasteiger partial charge < -0.3 is 5.73 Å². The van der Waals surface area contributed by atoms with E-state index in [9.17, 15) is 0 Å². The van der Waals surface area contributed by atoms with Crippen molar-refractivity contribution in [3.05, 3.63) is 68.7 Å². The molecule has 0 aliphatic carbocycles. The van der Waals surface area contributed by atoms with Crippen LogP contribution in [0.25, 0.3) is 0 Å². The SMILES string of the molecule is Cc1ccc(CN(C)C(CN)c2ccc(Cl)cc2Br)cc1. The smallest absolute Gasteiger partial charge is 0.0482 e. The second-order valence-electron chi connectivity index (χ2n) is 5.32. The minimum Gasteiger partial charge on any atom is -0.329 e. The molecule has 2 N–H and O–H groups in total. The van der Waals surface area contributed by atoms with Crippen molar-refractivity contribution in [2.75, 3.05) is 13.6 Å². The summed E-state index contributed by atoms with van der Waals surface area (Å²) in [6, 6.07) is 14.6. The summed E-state index contributed by atoms with van der Waals surface area (Å²) >= 11 is 9.60.